The van der Waals surface area contributed by atoms with E-state index in [1.807, 2.05) is 47.4 Å². The normalized spacial score (nSPS) is 24.2. The first-order chi connectivity index (χ1) is 15.6. The Morgan fingerprint density at radius 3 is 2.41 bits per heavy atom. The first-order valence-corrected chi connectivity index (χ1v) is 11.5. The van der Waals surface area contributed by atoms with E-state index in [1.165, 1.54) is 0 Å². The number of aromatic nitrogens is 1. The Morgan fingerprint density at radius 1 is 1.03 bits per heavy atom. The number of nitrogens with zero attached hydrogens (tertiary/aromatic N) is 3. The Labute approximate surface area is 193 Å². The van der Waals surface area contributed by atoms with E-state index in [4.69, 9.17) is 16.3 Å². The fourth-order valence-electron chi connectivity index (χ4n) is 5.08. The summed E-state index contributed by atoms with van der Waals surface area (Å²) in [5, 5.41) is 0.444. The molecule has 3 aliphatic heterocycles. The van der Waals surface area contributed by atoms with Gasteiger partial charge in [0.15, 0.2) is 0 Å². The monoisotopic (exact) mass is 447 g/mol. The Kier molecular flexibility index (Phi) is 5.85. The average Bonchev–Trinajstić information content (AvgIpc) is 2.84. The van der Waals surface area contributed by atoms with E-state index in [9.17, 15) is 4.79 Å². The highest BCUT2D eigenvalue weighted by Crippen LogP contribution is 2.38. The highest BCUT2D eigenvalue weighted by Gasteiger charge is 2.44. The second-order valence-electron chi connectivity index (χ2n) is 8.53. The van der Waals surface area contributed by atoms with Crippen molar-refractivity contribution in [3.8, 4) is 11.6 Å². The van der Waals surface area contributed by atoms with Crippen molar-refractivity contribution in [2.75, 3.05) is 18.0 Å². The number of carbonyl (C=O) groups excluding carboxylic acids is 1. The van der Waals surface area contributed by atoms with Crippen molar-refractivity contribution < 1.29 is 9.53 Å². The van der Waals surface area contributed by atoms with Gasteiger partial charge in [-0.3, -0.25) is 9.69 Å². The molecule has 3 fully saturated rings. The molecule has 4 heterocycles. The molecule has 1 amide bonds. The third-order valence-corrected chi connectivity index (χ3v) is 7.01. The average molecular weight is 448 g/mol. The number of hydrogen-bond acceptors (Lipinski definition) is 4. The maximum atomic E-state index is 13.8. The summed E-state index contributed by atoms with van der Waals surface area (Å²) in [6.07, 6.45) is 3.92. The van der Waals surface area contributed by atoms with E-state index in [0.29, 0.717) is 34.2 Å². The molecule has 32 heavy (non-hydrogen) atoms. The van der Waals surface area contributed by atoms with Gasteiger partial charge in [0.05, 0.1) is 6.04 Å². The minimum Gasteiger partial charge on any atom is -0.438 e. The summed E-state index contributed by atoms with van der Waals surface area (Å²) in [4.78, 5) is 22.5. The number of hydrogen-bond donors (Lipinski definition) is 0. The molecule has 0 saturated carbocycles. The van der Waals surface area contributed by atoms with Crippen LogP contribution in [-0.2, 0) is 0 Å². The highest BCUT2D eigenvalue weighted by atomic mass is 35.5. The summed E-state index contributed by atoms with van der Waals surface area (Å²) < 4.78 is 5.79. The minimum atomic E-state index is 0.0178. The molecule has 3 aromatic rings. The molecule has 1 aromatic heterocycles. The topological polar surface area (TPSA) is 45.7 Å². The smallest absolute Gasteiger partial charge is 0.258 e. The van der Waals surface area contributed by atoms with Crippen LogP contribution in [-0.4, -0.2) is 41.0 Å². The van der Waals surface area contributed by atoms with Crippen LogP contribution >= 0.6 is 11.6 Å². The van der Waals surface area contributed by atoms with Gasteiger partial charge >= 0.3 is 0 Å². The zero-order valence-corrected chi connectivity index (χ0v) is 18.8. The number of amides is 1. The molecule has 0 spiro atoms. The Balaban J connectivity index is 1.43. The molecule has 0 unspecified atom stereocenters. The summed E-state index contributed by atoms with van der Waals surface area (Å²) in [5.74, 6) is 1.47. The molecule has 2 atom stereocenters. The number of ether oxygens (including phenoxy) is 1. The fraction of sp³-hybridized carbons (Fsp3) is 0.308. The largest absolute Gasteiger partial charge is 0.438 e. The van der Waals surface area contributed by atoms with Crippen LogP contribution in [0, 0.1) is 5.92 Å². The predicted molar refractivity (Wildman–Crippen MR) is 127 cm³/mol. The number of piperidine rings is 3. The summed E-state index contributed by atoms with van der Waals surface area (Å²) in [6, 6.07) is 21.2. The van der Waals surface area contributed by atoms with E-state index < -0.39 is 0 Å². The summed E-state index contributed by atoms with van der Waals surface area (Å²) in [5.41, 5.74) is 1.58. The van der Waals surface area contributed by atoms with E-state index in [2.05, 4.69) is 16.8 Å². The summed E-state index contributed by atoms with van der Waals surface area (Å²) >= 11 is 6.14. The van der Waals surface area contributed by atoms with E-state index in [1.54, 1.807) is 30.5 Å². The number of halogens is 1. The van der Waals surface area contributed by atoms with Crippen molar-refractivity contribution in [2.24, 2.45) is 5.92 Å². The molecule has 2 aromatic carbocycles. The maximum Gasteiger partial charge on any atom is 0.258 e. The number of rotatable bonds is 5. The van der Waals surface area contributed by atoms with Crippen molar-refractivity contribution in [3.63, 3.8) is 0 Å². The molecular formula is C26H26ClN3O2. The number of carbonyl (C=O) groups is 1. The fourth-order valence-corrected chi connectivity index (χ4v) is 5.24. The molecule has 0 radical (unpaired) electrons. The van der Waals surface area contributed by atoms with Crippen LogP contribution in [0.1, 0.15) is 30.1 Å². The van der Waals surface area contributed by atoms with E-state index in [-0.39, 0.29) is 11.9 Å². The summed E-state index contributed by atoms with van der Waals surface area (Å²) in [7, 11) is 0. The molecule has 2 bridgehead atoms. The number of benzene rings is 2. The number of para-hydroxylation sites is 1. The lowest BCUT2D eigenvalue weighted by molar-refractivity contribution is 0.0327. The number of pyridine rings is 1. The van der Waals surface area contributed by atoms with Gasteiger partial charge in [-0.15, -0.1) is 0 Å². The van der Waals surface area contributed by atoms with Crippen LogP contribution in [0.2, 0.25) is 5.02 Å². The lowest BCUT2D eigenvalue weighted by atomic mass is 9.78. The number of fused-ring (bicyclic) bond motifs is 3. The number of anilines is 1. The molecule has 6 rings (SSSR count). The lowest BCUT2D eigenvalue weighted by Gasteiger charge is -2.53. The van der Waals surface area contributed by atoms with Gasteiger partial charge in [0.2, 0.25) is 5.88 Å². The van der Waals surface area contributed by atoms with Crippen molar-refractivity contribution >= 4 is 23.2 Å². The van der Waals surface area contributed by atoms with E-state index in [0.717, 1.165) is 31.6 Å². The standard InChI is InChI=1S/C26H26ClN3O2/c1-18-24(19-13-16-29(18)17-14-19)30(21-6-3-2-4-7-21)26(31)20-9-11-22(12-10-20)32-25-23(27)8-5-15-28-25/h2-12,15,18-19,24H,13-14,16-17H2,1H3/t18-,24-/m0/s1. The quantitative estimate of drug-likeness (QED) is 0.506. The third-order valence-electron chi connectivity index (χ3n) is 6.72. The van der Waals surface area contributed by atoms with Crippen molar-refractivity contribution in [1.82, 2.24) is 9.88 Å². The molecule has 6 heteroatoms. The van der Waals surface area contributed by atoms with E-state index >= 15 is 0 Å². The van der Waals surface area contributed by atoms with Gasteiger partial charge in [0.1, 0.15) is 10.8 Å². The zero-order chi connectivity index (χ0) is 22.1. The maximum absolute atomic E-state index is 13.8. The van der Waals surface area contributed by atoms with Gasteiger partial charge in [0, 0.05) is 23.5 Å². The van der Waals surface area contributed by atoms with Gasteiger partial charge in [-0.25, -0.2) is 4.98 Å². The minimum absolute atomic E-state index is 0.0178. The van der Waals surface area contributed by atoms with Gasteiger partial charge in [-0.05, 0) is 87.3 Å². The van der Waals surface area contributed by atoms with Crippen LogP contribution in [0.3, 0.4) is 0 Å². The molecule has 164 valence electrons. The van der Waals surface area contributed by atoms with Crippen molar-refractivity contribution in [2.45, 2.75) is 31.8 Å². The van der Waals surface area contributed by atoms with Crippen LogP contribution < -0.4 is 9.64 Å². The predicted octanol–water partition coefficient (Wildman–Crippen LogP) is 5.66. The molecule has 0 N–H and O–H groups in total. The van der Waals surface area contributed by atoms with Gasteiger partial charge in [-0.2, -0.15) is 0 Å². The summed E-state index contributed by atoms with van der Waals surface area (Å²) in [6.45, 7) is 4.51. The SMILES string of the molecule is C[C@H]1[C@H](N(C(=O)c2ccc(Oc3ncccc3Cl)cc2)c2ccccc2)C2CCN1CC2. The van der Waals surface area contributed by atoms with Crippen LogP contribution in [0.5, 0.6) is 11.6 Å². The lowest BCUT2D eigenvalue weighted by Crippen LogP contribution is -2.63. The molecule has 3 saturated heterocycles. The Morgan fingerprint density at radius 2 is 1.75 bits per heavy atom. The first-order valence-electron chi connectivity index (χ1n) is 11.1. The first kappa shape index (κ1) is 21.0. The van der Waals surface area contributed by atoms with Crippen LogP contribution in [0.15, 0.2) is 72.9 Å². The van der Waals surface area contributed by atoms with Crippen molar-refractivity contribution in [1.29, 1.82) is 0 Å². The Hall–Kier alpha value is -2.89. The van der Waals surface area contributed by atoms with Crippen LogP contribution in [0.4, 0.5) is 5.69 Å². The van der Waals surface area contributed by atoms with Crippen LogP contribution in [0.25, 0.3) is 0 Å². The third kappa shape index (κ3) is 3.98. The second kappa shape index (κ2) is 8.93. The second-order valence-corrected chi connectivity index (χ2v) is 8.94. The molecule has 0 aliphatic carbocycles. The van der Waals surface area contributed by atoms with Gasteiger partial charge < -0.3 is 9.64 Å². The molecular weight excluding hydrogens is 422 g/mol. The zero-order valence-electron chi connectivity index (χ0n) is 18.0. The highest BCUT2D eigenvalue weighted by molar-refractivity contribution is 6.31. The van der Waals surface area contributed by atoms with Gasteiger partial charge in [-0.1, -0.05) is 29.8 Å². The molecule has 5 nitrogen and oxygen atoms in total. The molecule has 3 aliphatic rings. The van der Waals surface area contributed by atoms with Crippen molar-refractivity contribution in [3.05, 3.63) is 83.5 Å². The Bertz CT molecular complexity index is 1080. The van der Waals surface area contributed by atoms with Gasteiger partial charge in [0.25, 0.3) is 5.91 Å².